The number of amides is 2. The van der Waals surface area contributed by atoms with Crippen LogP contribution in [0.1, 0.15) is 41.2 Å². The van der Waals surface area contributed by atoms with E-state index in [0.717, 1.165) is 50.0 Å². The average molecular weight is 427 g/mol. The molecule has 1 saturated heterocycles. The molecule has 0 radical (unpaired) electrons. The van der Waals surface area contributed by atoms with E-state index in [9.17, 15) is 9.59 Å². The molecule has 0 spiro atoms. The second-order valence-corrected chi connectivity index (χ2v) is 8.26. The molecular formula is C22H30N6O3. The third kappa shape index (κ3) is 4.56. The maximum atomic E-state index is 12.3. The van der Waals surface area contributed by atoms with Gasteiger partial charge in [0.05, 0.1) is 13.7 Å². The maximum absolute atomic E-state index is 12.3. The van der Waals surface area contributed by atoms with Crippen molar-refractivity contribution in [3.05, 3.63) is 40.5 Å². The second kappa shape index (κ2) is 9.05. The fourth-order valence-electron chi connectivity index (χ4n) is 4.30. The molecule has 0 bridgehead atoms. The van der Waals surface area contributed by atoms with Crippen LogP contribution >= 0.6 is 0 Å². The number of rotatable bonds is 6. The molecule has 2 aromatic rings. The summed E-state index contributed by atoms with van der Waals surface area (Å²) >= 11 is 0. The molecule has 1 atom stereocenters. The minimum absolute atomic E-state index is 0.0705. The highest BCUT2D eigenvalue weighted by Crippen LogP contribution is 2.25. The van der Waals surface area contributed by atoms with Gasteiger partial charge in [0.1, 0.15) is 17.6 Å². The Morgan fingerprint density at radius 2 is 2.03 bits per heavy atom. The SMILES string of the molecule is COc1ccc(CN2CCc3nnc(CNC(=O)C4CCC(=O)N4)n3CC2)c(C)c1C. The zero-order valence-electron chi connectivity index (χ0n) is 18.4. The summed E-state index contributed by atoms with van der Waals surface area (Å²) in [4.78, 5) is 26.0. The number of nitrogens with one attached hydrogen (secondary N) is 2. The Bertz CT molecular complexity index is 986. The molecule has 1 aromatic heterocycles. The van der Waals surface area contributed by atoms with E-state index in [1.165, 1.54) is 16.7 Å². The lowest BCUT2D eigenvalue weighted by Gasteiger charge is -2.22. The van der Waals surface area contributed by atoms with Crippen molar-refractivity contribution in [1.82, 2.24) is 30.3 Å². The smallest absolute Gasteiger partial charge is 0.242 e. The number of carbonyl (C=O) groups excluding carboxylic acids is 2. The summed E-state index contributed by atoms with van der Waals surface area (Å²) in [7, 11) is 1.70. The van der Waals surface area contributed by atoms with Gasteiger partial charge in [0.2, 0.25) is 11.8 Å². The number of nitrogens with zero attached hydrogens (tertiary/aromatic N) is 4. The summed E-state index contributed by atoms with van der Waals surface area (Å²) in [6, 6.07) is 3.75. The van der Waals surface area contributed by atoms with Crippen molar-refractivity contribution in [1.29, 1.82) is 0 Å². The first kappa shape index (κ1) is 21.3. The Morgan fingerprint density at radius 3 is 2.77 bits per heavy atom. The molecule has 1 unspecified atom stereocenters. The number of aromatic nitrogens is 3. The molecule has 4 rings (SSSR count). The highest BCUT2D eigenvalue weighted by Gasteiger charge is 2.27. The molecule has 166 valence electrons. The molecular weight excluding hydrogens is 396 g/mol. The third-order valence-electron chi connectivity index (χ3n) is 6.39. The van der Waals surface area contributed by atoms with Gasteiger partial charge < -0.3 is 19.9 Å². The molecule has 9 heteroatoms. The van der Waals surface area contributed by atoms with E-state index in [2.05, 4.69) is 50.2 Å². The van der Waals surface area contributed by atoms with Crippen LogP contribution in [0.2, 0.25) is 0 Å². The Balaban J connectivity index is 1.36. The number of methoxy groups -OCH3 is 1. The van der Waals surface area contributed by atoms with Crippen molar-refractivity contribution in [2.45, 2.75) is 58.8 Å². The van der Waals surface area contributed by atoms with E-state index in [1.54, 1.807) is 7.11 Å². The summed E-state index contributed by atoms with van der Waals surface area (Å²) < 4.78 is 7.54. The molecule has 31 heavy (non-hydrogen) atoms. The van der Waals surface area contributed by atoms with E-state index in [-0.39, 0.29) is 11.8 Å². The molecule has 0 aliphatic carbocycles. The monoisotopic (exact) mass is 426 g/mol. The quantitative estimate of drug-likeness (QED) is 0.710. The van der Waals surface area contributed by atoms with E-state index < -0.39 is 6.04 Å². The van der Waals surface area contributed by atoms with Crippen LogP contribution in [0.15, 0.2) is 12.1 Å². The number of hydrogen-bond donors (Lipinski definition) is 2. The van der Waals surface area contributed by atoms with Crippen LogP contribution in [-0.4, -0.2) is 57.7 Å². The van der Waals surface area contributed by atoms with Gasteiger partial charge in [0.25, 0.3) is 0 Å². The lowest BCUT2D eigenvalue weighted by molar-refractivity contribution is -0.125. The standard InChI is InChI=1S/C22H30N6O3/c1-14-15(2)18(31-3)6-4-16(14)13-27-9-8-19-25-26-20(28(19)11-10-27)12-23-22(30)17-5-7-21(29)24-17/h4,6,17H,5,7-13H2,1-3H3,(H,23,30)(H,24,29). The lowest BCUT2D eigenvalue weighted by atomic mass is 10.0. The Morgan fingerprint density at radius 1 is 1.19 bits per heavy atom. The first-order valence-corrected chi connectivity index (χ1v) is 10.8. The van der Waals surface area contributed by atoms with Crippen molar-refractivity contribution in [2.24, 2.45) is 0 Å². The summed E-state index contributed by atoms with van der Waals surface area (Å²) in [5, 5.41) is 14.2. The van der Waals surface area contributed by atoms with E-state index in [4.69, 9.17) is 4.74 Å². The molecule has 1 fully saturated rings. The molecule has 2 aliphatic rings. The van der Waals surface area contributed by atoms with Crippen LogP contribution in [0.5, 0.6) is 5.75 Å². The predicted molar refractivity (Wildman–Crippen MR) is 114 cm³/mol. The zero-order chi connectivity index (χ0) is 22.0. The van der Waals surface area contributed by atoms with E-state index >= 15 is 0 Å². The molecule has 9 nitrogen and oxygen atoms in total. The highest BCUT2D eigenvalue weighted by molar-refractivity contribution is 5.90. The van der Waals surface area contributed by atoms with Gasteiger partial charge in [-0.2, -0.15) is 0 Å². The largest absolute Gasteiger partial charge is 0.496 e. The van der Waals surface area contributed by atoms with E-state index in [0.29, 0.717) is 19.4 Å². The van der Waals surface area contributed by atoms with Crippen molar-refractivity contribution < 1.29 is 14.3 Å². The van der Waals surface area contributed by atoms with Crippen LogP contribution in [-0.2, 0) is 35.6 Å². The molecule has 2 N–H and O–H groups in total. The molecule has 0 saturated carbocycles. The normalized spacial score (nSPS) is 18.9. The van der Waals surface area contributed by atoms with Gasteiger partial charge in [-0.25, -0.2) is 0 Å². The third-order valence-corrected chi connectivity index (χ3v) is 6.39. The van der Waals surface area contributed by atoms with Crippen molar-refractivity contribution in [3.63, 3.8) is 0 Å². The number of hydrogen-bond acceptors (Lipinski definition) is 6. The maximum Gasteiger partial charge on any atom is 0.242 e. The topological polar surface area (TPSA) is 101 Å². The first-order chi connectivity index (χ1) is 15.0. The molecule has 2 amide bonds. The molecule has 2 aliphatic heterocycles. The minimum atomic E-state index is -0.439. The summed E-state index contributed by atoms with van der Waals surface area (Å²) in [6.45, 7) is 8.00. The molecule has 1 aromatic carbocycles. The Labute approximate surface area is 182 Å². The van der Waals surface area contributed by atoms with Crippen molar-refractivity contribution in [3.8, 4) is 5.75 Å². The van der Waals surface area contributed by atoms with Crippen molar-refractivity contribution >= 4 is 11.8 Å². The van der Waals surface area contributed by atoms with Crippen LogP contribution in [0, 0.1) is 13.8 Å². The lowest BCUT2D eigenvalue weighted by Crippen LogP contribution is -2.41. The summed E-state index contributed by atoms with van der Waals surface area (Å²) in [6.07, 6.45) is 1.76. The first-order valence-electron chi connectivity index (χ1n) is 10.8. The Hall–Kier alpha value is -2.94. The van der Waals surface area contributed by atoms with E-state index in [1.807, 2.05) is 6.07 Å². The minimum Gasteiger partial charge on any atom is -0.496 e. The van der Waals surface area contributed by atoms with Gasteiger partial charge in [0.15, 0.2) is 5.82 Å². The number of benzene rings is 1. The van der Waals surface area contributed by atoms with Gasteiger partial charge in [-0.1, -0.05) is 6.07 Å². The second-order valence-electron chi connectivity index (χ2n) is 8.26. The molecule has 3 heterocycles. The van der Waals surface area contributed by atoms with Gasteiger partial charge in [-0.3, -0.25) is 14.5 Å². The average Bonchev–Trinajstić information content (AvgIpc) is 3.32. The predicted octanol–water partition coefficient (Wildman–Crippen LogP) is 0.857. The Kier molecular flexibility index (Phi) is 6.22. The van der Waals surface area contributed by atoms with Crippen LogP contribution in [0.25, 0.3) is 0 Å². The van der Waals surface area contributed by atoms with Gasteiger partial charge in [-0.05, 0) is 43.0 Å². The zero-order valence-corrected chi connectivity index (χ0v) is 18.4. The number of fused-ring (bicyclic) bond motifs is 1. The number of ether oxygens (including phenoxy) is 1. The van der Waals surface area contributed by atoms with Gasteiger partial charge in [0, 0.05) is 39.0 Å². The summed E-state index contributed by atoms with van der Waals surface area (Å²) in [5.74, 6) is 2.39. The van der Waals surface area contributed by atoms with Crippen LogP contribution in [0.4, 0.5) is 0 Å². The summed E-state index contributed by atoms with van der Waals surface area (Å²) in [5.41, 5.74) is 3.76. The fraction of sp³-hybridized carbons (Fsp3) is 0.545. The van der Waals surface area contributed by atoms with Gasteiger partial charge in [-0.15, -0.1) is 10.2 Å². The fourth-order valence-corrected chi connectivity index (χ4v) is 4.30. The number of carbonyl (C=O) groups is 2. The highest BCUT2D eigenvalue weighted by atomic mass is 16.5. The van der Waals surface area contributed by atoms with Crippen LogP contribution < -0.4 is 15.4 Å². The van der Waals surface area contributed by atoms with Crippen LogP contribution in [0.3, 0.4) is 0 Å². The van der Waals surface area contributed by atoms with Crippen molar-refractivity contribution in [2.75, 3.05) is 20.2 Å². The van der Waals surface area contributed by atoms with Gasteiger partial charge >= 0.3 is 0 Å².